The van der Waals surface area contributed by atoms with Crippen LogP contribution in [0.15, 0.2) is 60.9 Å². The first kappa shape index (κ1) is 29.9. The van der Waals surface area contributed by atoms with E-state index in [0.29, 0.717) is 30.4 Å². The van der Waals surface area contributed by atoms with E-state index < -0.39 is 28.7 Å². The van der Waals surface area contributed by atoms with Gasteiger partial charge in [-0.1, -0.05) is 45.0 Å². The second-order valence-electron chi connectivity index (χ2n) is 10.5. The molecule has 0 atom stereocenters. The molecule has 3 aromatic rings. The Balaban J connectivity index is 1.83. The van der Waals surface area contributed by atoms with Gasteiger partial charge in [-0.25, -0.2) is 14.8 Å². The second-order valence-corrected chi connectivity index (χ2v) is 10.5. The molecule has 1 aromatic heterocycles. The molecular weight excluding hydrogens is 507 g/mol. The zero-order valence-corrected chi connectivity index (χ0v) is 23.3. The molecule has 3 rings (SSSR count). The summed E-state index contributed by atoms with van der Waals surface area (Å²) in [5, 5.41) is 0. The summed E-state index contributed by atoms with van der Waals surface area (Å²) in [6, 6.07) is 12.7. The Labute approximate surface area is 228 Å². The number of ether oxygens (including phenoxy) is 2. The molecule has 210 valence electrons. The summed E-state index contributed by atoms with van der Waals surface area (Å²) in [7, 11) is 0. The number of benzene rings is 2. The number of aromatic nitrogens is 2. The molecule has 0 fully saturated rings. The normalized spacial score (nSPS) is 12.2. The van der Waals surface area contributed by atoms with E-state index >= 15 is 0 Å². The van der Waals surface area contributed by atoms with Crippen molar-refractivity contribution in [1.82, 2.24) is 9.97 Å². The molecule has 0 saturated heterocycles. The Morgan fingerprint density at radius 3 is 1.92 bits per heavy atom. The lowest BCUT2D eigenvalue weighted by Gasteiger charge is -2.34. The first-order valence-corrected chi connectivity index (χ1v) is 12.9. The van der Waals surface area contributed by atoms with E-state index in [4.69, 9.17) is 9.47 Å². The Morgan fingerprint density at radius 2 is 1.41 bits per heavy atom. The van der Waals surface area contributed by atoms with Gasteiger partial charge in [0.1, 0.15) is 5.75 Å². The summed E-state index contributed by atoms with van der Waals surface area (Å²) in [5.41, 5.74) is 0.503. The van der Waals surface area contributed by atoms with Crippen LogP contribution in [0.3, 0.4) is 0 Å². The van der Waals surface area contributed by atoms with Crippen molar-refractivity contribution in [3.8, 4) is 5.75 Å². The zero-order valence-electron chi connectivity index (χ0n) is 23.3. The Kier molecular flexibility index (Phi) is 9.25. The molecule has 0 spiro atoms. The minimum atomic E-state index is -4.39. The maximum Gasteiger partial charge on any atom is 0.416 e. The van der Waals surface area contributed by atoms with Crippen molar-refractivity contribution in [2.75, 3.05) is 18.1 Å². The van der Waals surface area contributed by atoms with Gasteiger partial charge in [0.25, 0.3) is 0 Å². The number of carbonyl (C=O) groups is 1. The first-order valence-electron chi connectivity index (χ1n) is 12.9. The van der Waals surface area contributed by atoms with Crippen molar-refractivity contribution in [3.05, 3.63) is 83.2 Å². The van der Waals surface area contributed by atoms with Crippen molar-refractivity contribution in [2.45, 2.75) is 71.7 Å². The summed E-state index contributed by atoms with van der Waals surface area (Å²) >= 11 is 0. The van der Waals surface area contributed by atoms with E-state index in [1.807, 2.05) is 36.1 Å². The SMILES string of the molecule is CCOC(=O)C(C)(C)Oc1ccc(C(C)(C)CN(Cc2ccc(C(F)(F)F)cc2)c2ncc(CC)cn2)cc1. The van der Waals surface area contributed by atoms with Gasteiger partial charge in [0.05, 0.1) is 12.2 Å². The van der Waals surface area contributed by atoms with E-state index in [-0.39, 0.29) is 6.61 Å². The maximum absolute atomic E-state index is 13.1. The van der Waals surface area contributed by atoms with Gasteiger partial charge in [-0.2, -0.15) is 13.2 Å². The van der Waals surface area contributed by atoms with Crippen molar-refractivity contribution >= 4 is 11.9 Å². The number of hydrogen-bond donors (Lipinski definition) is 0. The van der Waals surface area contributed by atoms with Crippen LogP contribution in [0.5, 0.6) is 5.75 Å². The standard InChI is InChI=1S/C30H36F3N3O3/c1-7-21-17-34-27(35-18-21)36(19-22-9-11-24(12-10-22)30(31,32)33)20-28(3,4)23-13-15-25(16-14-23)39-29(5,6)26(37)38-8-2/h9-18H,7-8,19-20H2,1-6H3. The number of carbonyl (C=O) groups excluding carboxylic acids is 1. The third-order valence-corrected chi connectivity index (χ3v) is 6.40. The van der Waals surface area contributed by atoms with Crippen LogP contribution in [0.4, 0.5) is 19.1 Å². The average Bonchev–Trinajstić information content (AvgIpc) is 2.88. The fourth-order valence-corrected chi connectivity index (χ4v) is 4.09. The number of rotatable bonds is 11. The Morgan fingerprint density at radius 1 is 0.846 bits per heavy atom. The molecule has 0 aliphatic carbocycles. The molecule has 6 nitrogen and oxygen atoms in total. The smallest absolute Gasteiger partial charge is 0.416 e. The number of halogens is 3. The predicted molar refractivity (Wildman–Crippen MR) is 145 cm³/mol. The molecule has 2 aromatic carbocycles. The highest BCUT2D eigenvalue weighted by Gasteiger charge is 2.32. The fourth-order valence-electron chi connectivity index (χ4n) is 4.09. The highest BCUT2D eigenvalue weighted by Crippen LogP contribution is 2.31. The lowest BCUT2D eigenvalue weighted by molar-refractivity contribution is -0.158. The number of aryl methyl sites for hydroxylation is 1. The van der Waals surface area contributed by atoms with Crippen molar-refractivity contribution in [1.29, 1.82) is 0 Å². The number of hydrogen-bond acceptors (Lipinski definition) is 6. The molecule has 0 amide bonds. The number of esters is 1. The van der Waals surface area contributed by atoms with Crippen LogP contribution in [0.2, 0.25) is 0 Å². The zero-order chi connectivity index (χ0) is 28.8. The van der Waals surface area contributed by atoms with Crippen molar-refractivity contribution in [3.63, 3.8) is 0 Å². The van der Waals surface area contributed by atoms with Crippen LogP contribution in [-0.4, -0.2) is 34.7 Å². The molecule has 0 saturated carbocycles. The van der Waals surface area contributed by atoms with Gasteiger partial charge in [0.15, 0.2) is 5.60 Å². The van der Waals surface area contributed by atoms with Crippen LogP contribution < -0.4 is 9.64 Å². The summed E-state index contributed by atoms with van der Waals surface area (Å²) in [5.74, 6) is 0.589. The molecule has 1 heterocycles. The minimum absolute atomic E-state index is 0.270. The second kappa shape index (κ2) is 12.1. The van der Waals surface area contributed by atoms with Crippen LogP contribution in [0.1, 0.15) is 63.8 Å². The van der Waals surface area contributed by atoms with Gasteiger partial charge >= 0.3 is 12.1 Å². The third kappa shape index (κ3) is 7.94. The Bertz CT molecular complexity index is 1220. The van der Waals surface area contributed by atoms with Crippen LogP contribution in [0.25, 0.3) is 0 Å². The molecule has 0 N–H and O–H groups in total. The summed E-state index contributed by atoms with van der Waals surface area (Å²) < 4.78 is 50.2. The summed E-state index contributed by atoms with van der Waals surface area (Å²) in [6.45, 7) is 12.3. The fraction of sp³-hybridized carbons (Fsp3) is 0.433. The van der Waals surface area contributed by atoms with E-state index in [1.165, 1.54) is 12.1 Å². The highest BCUT2D eigenvalue weighted by molar-refractivity contribution is 5.79. The maximum atomic E-state index is 13.1. The number of nitrogens with zero attached hydrogens (tertiary/aromatic N) is 3. The van der Waals surface area contributed by atoms with E-state index in [0.717, 1.165) is 29.7 Å². The molecule has 0 unspecified atom stereocenters. The van der Waals surface area contributed by atoms with Gasteiger partial charge in [0, 0.05) is 30.9 Å². The van der Waals surface area contributed by atoms with Crippen LogP contribution in [0, 0.1) is 0 Å². The Hall–Kier alpha value is -3.62. The van der Waals surface area contributed by atoms with Crippen molar-refractivity contribution < 1.29 is 27.4 Å². The van der Waals surface area contributed by atoms with E-state index in [2.05, 4.69) is 23.8 Å². The monoisotopic (exact) mass is 543 g/mol. The molecule has 0 aliphatic heterocycles. The first-order chi connectivity index (χ1) is 18.2. The molecule has 39 heavy (non-hydrogen) atoms. The van der Waals surface area contributed by atoms with Gasteiger partial charge in [-0.3, -0.25) is 0 Å². The topological polar surface area (TPSA) is 64.6 Å². The number of anilines is 1. The van der Waals surface area contributed by atoms with E-state index in [9.17, 15) is 18.0 Å². The van der Waals surface area contributed by atoms with Gasteiger partial charge in [-0.15, -0.1) is 0 Å². The van der Waals surface area contributed by atoms with Crippen molar-refractivity contribution in [2.24, 2.45) is 0 Å². The van der Waals surface area contributed by atoms with Crippen LogP contribution in [-0.2, 0) is 34.1 Å². The highest BCUT2D eigenvalue weighted by atomic mass is 19.4. The number of alkyl halides is 3. The molecule has 0 radical (unpaired) electrons. The lowest BCUT2D eigenvalue weighted by Crippen LogP contribution is -2.39. The van der Waals surface area contributed by atoms with Gasteiger partial charge in [0.2, 0.25) is 5.95 Å². The average molecular weight is 544 g/mol. The largest absolute Gasteiger partial charge is 0.476 e. The molecule has 0 aliphatic rings. The lowest BCUT2D eigenvalue weighted by atomic mass is 9.84. The quantitative estimate of drug-likeness (QED) is 0.249. The van der Waals surface area contributed by atoms with E-state index in [1.54, 1.807) is 33.2 Å². The molecular formula is C30H36F3N3O3. The van der Waals surface area contributed by atoms with Gasteiger partial charge < -0.3 is 14.4 Å². The van der Waals surface area contributed by atoms with Crippen LogP contribution >= 0.6 is 0 Å². The third-order valence-electron chi connectivity index (χ3n) is 6.40. The molecule has 0 bridgehead atoms. The summed E-state index contributed by atoms with van der Waals surface area (Å²) in [4.78, 5) is 23.2. The summed E-state index contributed by atoms with van der Waals surface area (Å²) in [6.07, 6.45) is -0.0498. The minimum Gasteiger partial charge on any atom is -0.476 e. The molecule has 9 heteroatoms. The van der Waals surface area contributed by atoms with Gasteiger partial charge in [-0.05, 0) is 68.1 Å². The predicted octanol–water partition coefficient (Wildman–Crippen LogP) is 6.76.